The van der Waals surface area contributed by atoms with Gasteiger partial charge in [-0.05, 0) is 18.2 Å². The summed E-state index contributed by atoms with van der Waals surface area (Å²) in [6.07, 6.45) is 0. The van der Waals surface area contributed by atoms with E-state index in [9.17, 15) is 4.79 Å². The molecule has 0 bridgehead atoms. The predicted octanol–water partition coefficient (Wildman–Crippen LogP) is 3.55. The van der Waals surface area contributed by atoms with Crippen LogP contribution in [-0.2, 0) is 10.2 Å². The summed E-state index contributed by atoms with van der Waals surface area (Å²) in [5, 5.41) is 5.99. The maximum absolute atomic E-state index is 11.6. The average molecular weight is 305 g/mol. The number of aromatic nitrogens is 1. The molecule has 21 heavy (non-hydrogen) atoms. The molecule has 0 spiro atoms. The fourth-order valence-corrected chi connectivity index (χ4v) is 2.68. The van der Waals surface area contributed by atoms with Gasteiger partial charge < -0.3 is 15.8 Å². The van der Waals surface area contributed by atoms with Crippen molar-refractivity contribution >= 4 is 33.8 Å². The summed E-state index contributed by atoms with van der Waals surface area (Å²) in [5.74, 6) is -0.453. The molecule has 1 aromatic carbocycles. The molecule has 0 fully saturated rings. The number of ether oxygens (including phenoxy) is 1. The minimum absolute atomic E-state index is 0.00865. The van der Waals surface area contributed by atoms with Crippen molar-refractivity contribution < 1.29 is 9.53 Å². The lowest BCUT2D eigenvalue weighted by atomic mass is 9.93. The number of esters is 1. The molecule has 0 aliphatic rings. The number of nitrogens with two attached hydrogens (primary N) is 1. The summed E-state index contributed by atoms with van der Waals surface area (Å²) >= 11 is 1.53. The van der Waals surface area contributed by atoms with Crippen LogP contribution in [0.4, 0.5) is 16.5 Å². The molecule has 5 nitrogen and oxygen atoms in total. The average Bonchev–Trinajstić information content (AvgIpc) is 2.88. The fourth-order valence-electron chi connectivity index (χ4n) is 1.72. The Labute approximate surface area is 128 Å². The maximum Gasteiger partial charge on any atom is 0.340 e. The lowest BCUT2D eigenvalue weighted by molar-refractivity contribution is 0.0602. The van der Waals surface area contributed by atoms with E-state index in [1.807, 2.05) is 5.38 Å². The molecular weight excluding hydrogens is 286 g/mol. The van der Waals surface area contributed by atoms with E-state index >= 15 is 0 Å². The number of anilines is 3. The molecule has 2 rings (SSSR count). The Morgan fingerprint density at radius 3 is 2.67 bits per heavy atom. The van der Waals surface area contributed by atoms with Gasteiger partial charge in [-0.3, -0.25) is 0 Å². The Bertz CT molecular complexity index is 659. The van der Waals surface area contributed by atoms with Crippen LogP contribution in [-0.4, -0.2) is 18.1 Å². The van der Waals surface area contributed by atoms with E-state index in [0.717, 1.165) is 16.5 Å². The van der Waals surface area contributed by atoms with Gasteiger partial charge in [-0.2, -0.15) is 0 Å². The zero-order valence-corrected chi connectivity index (χ0v) is 13.4. The standard InChI is InChI=1S/C15H19N3O2S/c1-15(2,3)12-8-21-14(18-12)17-9-5-6-11(16)10(7-9)13(19)20-4/h5-8H,16H2,1-4H3,(H,17,18). The number of hydrogen-bond donors (Lipinski definition) is 2. The van der Waals surface area contributed by atoms with Gasteiger partial charge in [0.1, 0.15) is 0 Å². The predicted molar refractivity (Wildman–Crippen MR) is 86.3 cm³/mol. The number of hydrogen-bond acceptors (Lipinski definition) is 6. The van der Waals surface area contributed by atoms with Crippen molar-refractivity contribution in [3.63, 3.8) is 0 Å². The number of rotatable bonds is 3. The van der Waals surface area contributed by atoms with Crippen molar-refractivity contribution in [3.8, 4) is 0 Å². The number of carbonyl (C=O) groups excluding carboxylic acids is 1. The van der Waals surface area contributed by atoms with Crippen molar-refractivity contribution in [2.24, 2.45) is 0 Å². The third kappa shape index (κ3) is 3.52. The third-order valence-corrected chi connectivity index (χ3v) is 3.74. The van der Waals surface area contributed by atoms with E-state index in [0.29, 0.717) is 11.3 Å². The number of nitrogens with one attached hydrogen (secondary N) is 1. The molecule has 0 aliphatic heterocycles. The van der Waals surface area contributed by atoms with Crippen LogP contribution in [0.3, 0.4) is 0 Å². The van der Waals surface area contributed by atoms with Gasteiger partial charge >= 0.3 is 5.97 Å². The highest BCUT2D eigenvalue weighted by atomic mass is 32.1. The Balaban J connectivity index is 2.24. The van der Waals surface area contributed by atoms with Gasteiger partial charge in [-0.15, -0.1) is 11.3 Å². The SMILES string of the molecule is COC(=O)c1cc(Nc2nc(C(C)(C)C)cs2)ccc1N. The van der Waals surface area contributed by atoms with E-state index in [4.69, 9.17) is 10.5 Å². The van der Waals surface area contributed by atoms with E-state index in [1.165, 1.54) is 18.4 Å². The van der Waals surface area contributed by atoms with E-state index in [2.05, 4.69) is 31.1 Å². The van der Waals surface area contributed by atoms with E-state index < -0.39 is 5.97 Å². The molecule has 6 heteroatoms. The molecule has 0 aliphatic carbocycles. The van der Waals surface area contributed by atoms with Gasteiger partial charge in [-0.25, -0.2) is 9.78 Å². The lowest BCUT2D eigenvalue weighted by Crippen LogP contribution is -2.11. The minimum Gasteiger partial charge on any atom is -0.465 e. The zero-order chi connectivity index (χ0) is 15.6. The molecule has 0 atom stereocenters. The molecule has 0 unspecified atom stereocenters. The van der Waals surface area contributed by atoms with Crippen LogP contribution in [0, 0.1) is 0 Å². The highest BCUT2D eigenvalue weighted by molar-refractivity contribution is 7.13. The molecular formula is C15H19N3O2S. The largest absolute Gasteiger partial charge is 0.465 e. The molecule has 112 valence electrons. The quantitative estimate of drug-likeness (QED) is 0.670. The molecule has 1 heterocycles. The van der Waals surface area contributed by atoms with Gasteiger partial charge in [0, 0.05) is 22.2 Å². The van der Waals surface area contributed by atoms with E-state index in [-0.39, 0.29) is 5.41 Å². The molecule has 1 aromatic heterocycles. The van der Waals surface area contributed by atoms with Crippen LogP contribution in [0.2, 0.25) is 0 Å². The van der Waals surface area contributed by atoms with Gasteiger partial charge in [0.2, 0.25) is 0 Å². The van der Waals surface area contributed by atoms with Crippen LogP contribution in [0.25, 0.3) is 0 Å². The molecule has 2 aromatic rings. The van der Waals surface area contributed by atoms with Crippen molar-refractivity contribution in [1.82, 2.24) is 4.98 Å². The smallest absolute Gasteiger partial charge is 0.340 e. The summed E-state index contributed by atoms with van der Waals surface area (Å²) in [4.78, 5) is 16.2. The number of carbonyl (C=O) groups is 1. The van der Waals surface area contributed by atoms with Gasteiger partial charge in [0.05, 0.1) is 18.4 Å². The summed E-state index contributed by atoms with van der Waals surface area (Å²) in [5.41, 5.74) is 8.30. The number of nitrogens with zero attached hydrogens (tertiary/aromatic N) is 1. The fraction of sp³-hybridized carbons (Fsp3) is 0.333. The molecule has 0 amide bonds. The second kappa shape index (κ2) is 5.73. The first-order valence-corrected chi connectivity index (χ1v) is 7.40. The first-order chi connectivity index (χ1) is 9.81. The van der Waals surface area contributed by atoms with Crippen molar-refractivity contribution in [2.75, 3.05) is 18.2 Å². The second-order valence-corrected chi connectivity index (χ2v) is 6.56. The Morgan fingerprint density at radius 2 is 2.10 bits per heavy atom. The first kappa shape index (κ1) is 15.3. The summed E-state index contributed by atoms with van der Waals surface area (Å²) in [6, 6.07) is 5.14. The van der Waals surface area contributed by atoms with Crippen molar-refractivity contribution in [3.05, 3.63) is 34.8 Å². The van der Waals surface area contributed by atoms with Gasteiger partial charge in [0.25, 0.3) is 0 Å². The Morgan fingerprint density at radius 1 is 1.38 bits per heavy atom. The number of nitrogen functional groups attached to an aromatic ring is 1. The topological polar surface area (TPSA) is 77.2 Å². The van der Waals surface area contributed by atoms with Crippen LogP contribution in [0.5, 0.6) is 0 Å². The van der Waals surface area contributed by atoms with E-state index in [1.54, 1.807) is 18.2 Å². The van der Waals surface area contributed by atoms with Crippen LogP contribution in [0.1, 0.15) is 36.8 Å². The van der Waals surface area contributed by atoms with Crippen LogP contribution in [0.15, 0.2) is 23.6 Å². The maximum atomic E-state index is 11.6. The summed E-state index contributed by atoms with van der Waals surface area (Å²) < 4.78 is 4.71. The van der Waals surface area contributed by atoms with Gasteiger partial charge in [-0.1, -0.05) is 20.8 Å². The summed E-state index contributed by atoms with van der Waals surface area (Å²) in [6.45, 7) is 6.35. The molecule has 0 saturated heterocycles. The number of methoxy groups -OCH3 is 1. The second-order valence-electron chi connectivity index (χ2n) is 5.71. The highest BCUT2D eigenvalue weighted by Crippen LogP contribution is 2.29. The van der Waals surface area contributed by atoms with Gasteiger partial charge in [0.15, 0.2) is 5.13 Å². The Kier molecular flexibility index (Phi) is 4.18. The lowest BCUT2D eigenvalue weighted by Gasteiger charge is -2.14. The molecule has 3 N–H and O–H groups in total. The summed E-state index contributed by atoms with van der Waals surface area (Å²) in [7, 11) is 1.33. The molecule has 0 saturated carbocycles. The normalized spacial score (nSPS) is 11.2. The van der Waals surface area contributed by atoms with Crippen molar-refractivity contribution in [2.45, 2.75) is 26.2 Å². The highest BCUT2D eigenvalue weighted by Gasteiger charge is 2.18. The van der Waals surface area contributed by atoms with Crippen molar-refractivity contribution in [1.29, 1.82) is 0 Å². The first-order valence-electron chi connectivity index (χ1n) is 6.52. The monoisotopic (exact) mass is 305 g/mol. The number of benzene rings is 1. The minimum atomic E-state index is -0.453. The van der Waals surface area contributed by atoms with Crippen LogP contribution >= 0.6 is 11.3 Å². The Hall–Kier alpha value is -2.08. The van der Waals surface area contributed by atoms with Crippen LogP contribution < -0.4 is 11.1 Å². The number of thiazole rings is 1. The molecule has 0 radical (unpaired) electrons. The zero-order valence-electron chi connectivity index (χ0n) is 12.6. The third-order valence-electron chi connectivity index (χ3n) is 2.98.